The minimum atomic E-state index is -0.115. The van der Waals surface area contributed by atoms with E-state index < -0.39 is 0 Å². The van der Waals surface area contributed by atoms with Crippen molar-refractivity contribution in [3.8, 4) is 5.69 Å². The lowest BCUT2D eigenvalue weighted by Gasteiger charge is -2.25. The van der Waals surface area contributed by atoms with Crippen molar-refractivity contribution < 1.29 is 4.79 Å². The van der Waals surface area contributed by atoms with Crippen LogP contribution in [0.1, 0.15) is 53.6 Å². The van der Waals surface area contributed by atoms with Crippen LogP contribution >= 0.6 is 0 Å². The maximum absolute atomic E-state index is 13.1. The van der Waals surface area contributed by atoms with Gasteiger partial charge in [0.2, 0.25) is 0 Å². The van der Waals surface area contributed by atoms with Crippen molar-refractivity contribution in [2.75, 3.05) is 20.1 Å². The first-order valence-electron chi connectivity index (χ1n) is 9.91. The van der Waals surface area contributed by atoms with Crippen LogP contribution in [0.3, 0.4) is 0 Å². The molecule has 1 aromatic carbocycles. The number of aromatic nitrogens is 6. The summed E-state index contributed by atoms with van der Waals surface area (Å²) in [6, 6.07) is 8.15. The Kier molecular flexibility index (Phi) is 5.39. The van der Waals surface area contributed by atoms with Crippen LogP contribution in [0.5, 0.6) is 0 Å². The second-order valence-electron chi connectivity index (χ2n) is 7.47. The van der Waals surface area contributed by atoms with Gasteiger partial charge in [0, 0.05) is 7.05 Å². The number of amides is 1. The maximum Gasteiger partial charge on any atom is 0.276 e. The van der Waals surface area contributed by atoms with Crippen LogP contribution in [-0.4, -0.2) is 60.7 Å². The van der Waals surface area contributed by atoms with E-state index in [9.17, 15) is 4.79 Å². The molecule has 0 radical (unpaired) electrons. The summed E-state index contributed by atoms with van der Waals surface area (Å²) in [6.45, 7) is 5.87. The molecule has 1 saturated heterocycles. The molecule has 9 nitrogen and oxygen atoms in total. The van der Waals surface area contributed by atoms with E-state index in [1.165, 1.54) is 6.33 Å². The van der Waals surface area contributed by atoms with Gasteiger partial charge in [0.25, 0.3) is 5.91 Å². The number of piperidine rings is 1. The molecule has 4 rings (SSSR count). The highest BCUT2D eigenvalue weighted by molar-refractivity contribution is 5.93. The summed E-state index contributed by atoms with van der Waals surface area (Å²) < 4.78 is 3.62. The highest BCUT2D eigenvalue weighted by Gasteiger charge is 2.27. The Morgan fingerprint density at radius 1 is 1.24 bits per heavy atom. The summed E-state index contributed by atoms with van der Waals surface area (Å²) >= 11 is 0. The Morgan fingerprint density at radius 2 is 1.97 bits per heavy atom. The average Bonchev–Trinajstić information content (AvgIpc) is 3.43. The highest BCUT2D eigenvalue weighted by Crippen LogP contribution is 2.24. The van der Waals surface area contributed by atoms with Crippen molar-refractivity contribution in [3.05, 3.63) is 53.9 Å². The molecule has 3 aromatic rings. The van der Waals surface area contributed by atoms with Crippen molar-refractivity contribution in [1.29, 1.82) is 0 Å². The van der Waals surface area contributed by atoms with E-state index in [1.807, 2.05) is 42.8 Å². The summed E-state index contributed by atoms with van der Waals surface area (Å²) in [5, 5.41) is 16.0. The van der Waals surface area contributed by atoms with Crippen molar-refractivity contribution in [2.45, 2.75) is 38.8 Å². The zero-order valence-electron chi connectivity index (χ0n) is 17.0. The second-order valence-corrected chi connectivity index (χ2v) is 7.47. The summed E-state index contributed by atoms with van der Waals surface area (Å²) in [5.74, 6) is -0.115. The van der Waals surface area contributed by atoms with Gasteiger partial charge >= 0.3 is 0 Å². The van der Waals surface area contributed by atoms with E-state index in [1.54, 1.807) is 23.0 Å². The fourth-order valence-corrected chi connectivity index (χ4v) is 3.75. The Bertz CT molecular complexity index is 957. The minimum Gasteiger partial charge on any atom is -0.333 e. The topological polar surface area (TPSA) is 93.8 Å². The molecular formula is C20H26N8O. The number of hydrogen-bond donors (Lipinski definition) is 1. The SMILES string of the molecule is Cc1c(C(=O)N(C)[C@H](C)c2ccc(-n3cncn3)cc2)nnn1C1CCNCC1. The van der Waals surface area contributed by atoms with Crippen LogP contribution in [0.2, 0.25) is 0 Å². The zero-order chi connectivity index (χ0) is 20.4. The van der Waals surface area contributed by atoms with E-state index in [0.29, 0.717) is 11.7 Å². The molecule has 0 unspecified atom stereocenters. The largest absolute Gasteiger partial charge is 0.333 e. The number of hydrogen-bond acceptors (Lipinski definition) is 6. The predicted octanol–water partition coefficient (Wildman–Crippen LogP) is 1.92. The highest BCUT2D eigenvalue weighted by atomic mass is 16.2. The first-order chi connectivity index (χ1) is 14.1. The standard InChI is InChI=1S/C20H26N8O/c1-14(16-4-6-17(7-5-16)27-13-22-12-23-27)26(3)20(29)19-15(2)28(25-24-19)18-8-10-21-11-9-18/h4-7,12-14,18,21H,8-11H2,1-3H3/t14-/m1/s1. The van der Waals surface area contributed by atoms with Gasteiger partial charge in [-0.3, -0.25) is 4.79 Å². The molecule has 9 heteroatoms. The quantitative estimate of drug-likeness (QED) is 0.711. The molecule has 1 aliphatic rings. The lowest BCUT2D eigenvalue weighted by Crippen LogP contribution is -2.31. The minimum absolute atomic E-state index is 0.101. The molecule has 2 aromatic heterocycles. The Hall–Kier alpha value is -3.07. The monoisotopic (exact) mass is 394 g/mol. The van der Waals surface area contributed by atoms with E-state index in [4.69, 9.17) is 0 Å². The molecule has 0 bridgehead atoms. The molecule has 0 saturated carbocycles. The summed E-state index contributed by atoms with van der Waals surface area (Å²) in [7, 11) is 1.81. The Morgan fingerprint density at radius 3 is 2.62 bits per heavy atom. The summed E-state index contributed by atoms with van der Waals surface area (Å²) in [4.78, 5) is 18.8. The number of carbonyl (C=O) groups excluding carboxylic acids is 1. The fraction of sp³-hybridized carbons (Fsp3) is 0.450. The number of benzene rings is 1. The first kappa shape index (κ1) is 19.3. The normalized spacial score (nSPS) is 16.0. The van der Waals surface area contributed by atoms with Crippen molar-refractivity contribution in [3.63, 3.8) is 0 Å². The molecule has 152 valence electrons. The van der Waals surface area contributed by atoms with Crippen LogP contribution in [0.15, 0.2) is 36.9 Å². The van der Waals surface area contributed by atoms with Crippen LogP contribution in [-0.2, 0) is 0 Å². The van der Waals surface area contributed by atoms with E-state index in [0.717, 1.165) is 42.9 Å². The Balaban J connectivity index is 1.49. The lowest BCUT2D eigenvalue weighted by molar-refractivity contribution is 0.0735. The van der Waals surface area contributed by atoms with Crippen molar-refractivity contribution in [1.82, 2.24) is 40.0 Å². The maximum atomic E-state index is 13.1. The van der Waals surface area contributed by atoms with Gasteiger partial charge in [0.05, 0.1) is 23.5 Å². The van der Waals surface area contributed by atoms with E-state index in [-0.39, 0.29) is 11.9 Å². The molecule has 1 atom stereocenters. The van der Waals surface area contributed by atoms with Gasteiger partial charge in [-0.1, -0.05) is 17.3 Å². The fourth-order valence-electron chi connectivity index (χ4n) is 3.75. The summed E-state index contributed by atoms with van der Waals surface area (Å²) in [6.07, 6.45) is 5.16. The number of nitrogens with zero attached hydrogens (tertiary/aromatic N) is 7. The van der Waals surface area contributed by atoms with Gasteiger partial charge in [0.15, 0.2) is 5.69 Å². The van der Waals surface area contributed by atoms with Gasteiger partial charge in [-0.2, -0.15) is 5.10 Å². The molecular weight excluding hydrogens is 368 g/mol. The van der Waals surface area contributed by atoms with Gasteiger partial charge in [-0.05, 0) is 57.5 Å². The molecule has 1 aliphatic heterocycles. The average molecular weight is 394 g/mol. The number of carbonyl (C=O) groups is 1. The van der Waals surface area contributed by atoms with E-state index >= 15 is 0 Å². The Labute approximate surface area is 169 Å². The third kappa shape index (κ3) is 3.77. The van der Waals surface area contributed by atoms with Gasteiger partial charge in [0.1, 0.15) is 12.7 Å². The second kappa shape index (κ2) is 8.12. The summed E-state index contributed by atoms with van der Waals surface area (Å²) in [5.41, 5.74) is 3.22. The number of rotatable bonds is 5. The van der Waals surface area contributed by atoms with Gasteiger partial charge < -0.3 is 10.2 Å². The van der Waals surface area contributed by atoms with Gasteiger partial charge in [-0.15, -0.1) is 5.10 Å². The molecule has 0 spiro atoms. The van der Waals surface area contributed by atoms with Gasteiger partial charge in [-0.25, -0.2) is 14.3 Å². The molecule has 29 heavy (non-hydrogen) atoms. The van der Waals surface area contributed by atoms with Crippen LogP contribution in [0.4, 0.5) is 0 Å². The molecule has 0 aliphatic carbocycles. The predicted molar refractivity (Wildman–Crippen MR) is 108 cm³/mol. The molecule has 1 N–H and O–H groups in total. The number of nitrogens with one attached hydrogen (secondary N) is 1. The van der Waals surface area contributed by atoms with Crippen molar-refractivity contribution >= 4 is 5.91 Å². The molecule has 1 amide bonds. The molecule has 3 heterocycles. The zero-order valence-corrected chi connectivity index (χ0v) is 17.0. The van der Waals surface area contributed by atoms with Crippen LogP contribution in [0, 0.1) is 6.92 Å². The third-order valence-electron chi connectivity index (χ3n) is 5.74. The van der Waals surface area contributed by atoms with Crippen molar-refractivity contribution in [2.24, 2.45) is 0 Å². The van der Waals surface area contributed by atoms with E-state index in [2.05, 4.69) is 25.7 Å². The smallest absolute Gasteiger partial charge is 0.276 e. The third-order valence-corrected chi connectivity index (χ3v) is 5.74. The first-order valence-corrected chi connectivity index (χ1v) is 9.91. The molecule has 1 fully saturated rings. The van der Waals surface area contributed by atoms with Crippen LogP contribution in [0.25, 0.3) is 5.69 Å². The van der Waals surface area contributed by atoms with Crippen LogP contribution < -0.4 is 5.32 Å². The lowest BCUT2D eigenvalue weighted by atomic mass is 10.1.